The molecule has 7 heteroatoms. The number of nitrogens with one attached hydrogen (secondary N) is 2. The van der Waals surface area contributed by atoms with Gasteiger partial charge in [-0.1, -0.05) is 0 Å². The molecule has 0 atom stereocenters. The number of ether oxygens (including phenoxy) is 1. The standard InChI is InChI=1S/C17H17N3O3S/c1-11(21)18-9-14-7-8-16(23-14)15-10-24-17(20-15)19-12-3-5-13(22-2)6-4-12/h3-8,10H,9H2,1-2H3,(H,18,21)(H,19,20). The summed E-state index contributed by atoms with van der Waals surface area (Å²) in [6.07, 6.45) is 0. The molecule has 0 unspecified atom stereocenters. The van der Waals surface area contributed by atoms with E-state index in [4.69, 9.17) is 9.15 Å². The van der Waals surface area contributed by atoms with E-state index in [1.165, 1.54) is 18.3 Å². The first-order chi connectivity index (χ1) is 11.6. The molecule has 0 aliphatic carbocycles. The van der Waals surface area contributed by atoms with Crippen LogP contribution < -0.4 is 15.4 Å². The highest BCUT2D eigenvalue weighted by Gasteiger charge is 2.10. The maximum absolute atomic E-state index is 10.9. The van der Waals surface area contributed by atoms with Crippen LogP contribution in [-0.2, 0) is 11.3 Å². The van der Waals surface area contributed by atoms with Crippen LogP contribution in [0.3, 0.4) is 0 Å². The van der Waals surface area contributed by atoms with Gasteiger partial charge >= 0.3 is 0 Å². The molecular formula is C17H17N3O3S. The molecule has 1 aromatic carbocycles. The van der Waals surface area contributed by atoms with Gasteiger partial charge < -0.3 is 19.8 Å². The fourth-order valence-corrected chi connectivity index (χ4v) is 2.78. The smallest absolute Gasteiger partial charge is 0.217 e. The van der Waals surface area contributed by atoms with Crippen molar-refractivity contribution in [2.75, 3.05) is 12.4 Å². The molecule has 0 saturated carbocycles. The van der Waals surface area contributed by atoms with E-state index in [9.17, 15) is 4.79 Å². The number of nitrogens with zero attached hydrogens (tertiary/aromatic N) is 1. The lowest BCUT2D eigenvalue weighted by Gasteiger charge is -2.03. The summed E-state index contributed by atoms with van der Waals surface area (Å²) in [5.41, 5.74) is 1.69. The zero-order valence-corrected chi connectivity index (χ0v) is 14.1. The molecule has 0 spiro atoms. The van der Waals surface area contributed by atoms with Gasteiger partial charge in [0, 0.05) is 18.0 Å². The van der Waals surface area contributed by atoms with E-state index in [-0.39, 0.29) is 5.91 Å². The highest BCUT2D eigenvalue weighted by atomic mass is 32.1. The summed E-state index contributed by atoms with van der Waals surface area (Å²) in [7, 11) is 1.64. The molecule has 0 aliphatic heterocycles. The summed E-state index contributed by atoms with van der Waals surface area (Å²) in [4.78, 5) is 15.5. The van der Waals surface area contributed by atoms with E-state index in [1.54, 1.807) is 7.11 Å². The lowest BCUT2D eigenvalue weighted by atomic mass is 10.3. The van der Waals surface area contributed by atoms with Crippen LogP contribution in [0, 0.1) is 0 Å². The molecule has 0 saturated heterocycles. The number of anilines is 2. The Morgan fingerprint density at radius 1 is 1.25 bits per heavy atom. The topological polar surface area (TPSA) is 76.4 Å². The first kappa shape index (κ1) is 16.1. The van der Waals surface area contributed by atoms with Gasteiger partial charge in [0.2, 0.25) is 5.91 Å². The molecule has 1 amide bonds. The van der Waals surface area contributed by atoms with Crippen LogP contribution in [0.1, 0.15) is 12.7 Å². The highest BCUT2D eigenvalue weighted by molar-refractivity contribution is 7.14. The maximum atomic E-state index is 10.9. The van der Waals surface area contributed by atoms with Gasteiger partial charge in [-0.3, -0.25) is 4.79 Å². The Bertz CT molecular complexity index is 824. The van der Waals surface area contributed by atoms with Gasteiger partial charge in [0.1, 0.15) is 17.2 Å². The minimum absolute atomic E-state index is 0.0902. The van der Waals surface area contributed by atoms with Gasteiger partial charge in [0.25, 0.3) is 0 Å². The lowest BCUT2D eigenvalue weighted by Crippen LogP contribution is -2.18. The number of thiazole rings is 1. The molecule has 2 heterocycles. The number of rotatable bonds is 6. The van der Waals surface area contributed by atoms with E-state index in [0.717, 1.165) is 22.3 Å². The Hall–Kier alpha value is -2.80. The molecule has 0 bridgehead atoms. The minimum atomic E-state index is -0.0902. The van der Waals surface area contributed by atoms with Gasteiger partial charge in [0.15, 0.2) is 10.9 Å². The van der Waals surface area contributed by atoms with Gasteiger partial charge in [-0.05, 0) is 36.4 Å². The molecule has 0 radical (unpaired) electrons. The van der Waals surface area contributed by atoms with Crippen LogP contribution >= 0.6 is 11.3 Å². The van der Waals surface area contributed by atoms with Crippen molar-refractivity contribution in [3.05, 3.63) is 47.5 Å². The van der Waals surface area contributed by atoms with Crippen LogP contribution in [0.25, 0.3) is 11.5 Å². The summed E-state index contributed by atoms with van der Waals surface area (Å²) in [6.45, 7) is 1.85. The van der Waals surface area contributed by atoms with E-state index in [1.807, 2.05) is 41.8 Å². The molecule has 3 rings (SSSR count). The number of carbonyl (C=O) groups excluding carboxylic acids is 1. The third-order valence-corrected chi connectivity index (χ3v) is 4.03. The molecule has 6 nitrogen and oxygen atoms in total. The summed E-state index contributed by atoms with van der Waals surface area (Å²) in [6, 6.07) is 11.3. The number of aromatic nitrogens is 1. The summed E-state index contributed by atoms with van der Waals surface area (Å²) >= 11 is 1.49. The van der Waals surface area contributed by atoms with E-state index >= 15 is 0 Å². The molecule has 2 N–H and O–H groups in total. The molecule has 124 valence electrons. The lowest BCUT2D eigenvalue weighted by molar-refractivity contribution is -0.119. The van der Waals surface area contributed by atoms with Crippen LogP contribution in [0.15, 0.2) is 46.2 Å². The van der Waals surface area contributed by atoms with Gasteiger partial charge in [-0.25, -0.2) is 4.98 Å². The van der Waals surface area contributed by atoms with Gasteiger partial charge in [-0.2, -0.15) is 0 Å². The Labute approximate surface area is 143 Å². The zero-order chi connectivity index (χ0) is 16.9. The van der Waals surface area contributed by atoms with Gasteiger partial charge in [-0.15, -0.1) is 11.3 Å². The number of amides is 1. The van der Waals surface area contributed by atoms with Crippen molar-refractivity contribution in [2.45, 2.75) is 13.5 Å². The fourth-order valence-electron chi connectivity index (χ4n) is 2.06. The van der Waals surface area contributed by atoms with Crippen LogP contribution in [0.5, 0.6) is 5.75 Å². The van der Waals surface area contributed by atoms with Crippen molar-refractivity contribution < 1.29 is 13.9 Å². The quantitative estimate of drug-likeness (QED) is 0.712. The molecule has 0 fully saturated rings. The summed E-state index contributed by atoms with van der Waals surface area (Å²) in [5, 5.41) is 8.64. The SMILES string of the molecule is COc1ccc(Nc2nc(-c3ccc(CNC(C)=O)o3)cs2)cc1. The molecule has 3 aromatic rings. The number of methoxy groups -OCH3 is 1. The summed E-state index contributed by atoms with van der Waals surface area (Å²) < 4.78 is 10.8. The first-order valence-corrected chi connectivity index (χ1v) is 8.22. The monoisotopic (exact) mass is 343 g/mol. The van der Waals surface area contributed by atoms with Crippen molar-refractivity contribution in [3.63, 3.8) is 0 Å². The van der Waals surface area contributed by atoms with Crippen LogP contribution in [0.4, 0.5) is 10.8 Å². The molecule has 0 aliphatic rings. The van der Waals surface area contributed by atoms with Crippen molar-refractivity contribution >= 4 is 28.1 Å². The second-order valence-corrected chi connectivity index (χ2v) is 5.93. The van der Waals surface area contributed by atoms with Crippen molar-refractivity contribution in [1.29, 1.82) is 0 Å². The number of hydrogen-bond acceptors (Lipinski definition) is 6. The Morgan fingerprint density at radius 2 is 2.04 bits per heavy atom. The highest BCUT2D eigenvalue weighted by Crippen LogP contribution is 2.28. The van der Waals surface area contributed by atoms with Crippen molar-refractivity contribution in [3.8, 4) is 17.2 Å². The average Bonchev–Trinajstić information content (AvgIpc) is 3.22. The largest absolute Gasteiger partial charge is 0.497 e. The maximum Gasteiger partial charge on any atom is 0.217 e. The third-order valence-electron chi connectivity index (χ3n) is 3.27. The van der Waals surface area contributed by atoms with Crippen LogP contribution in [0.2, 0.25) is 0 Å². The summed E-state index contributed by atoms with van der Waals surface area (Å²) in [5.74, 6) is 2.09. The van der Waals surface area contributed by atoms with E-state index in [0.29, 0.717) is 18.1 Å². The Balaban J connectivity index is 1.67. The number of furan rings is 1. The predicted molar refractivity (Wildman–Crippen MR) is 93.6 cm³/mol. The van der Waals surface area contributed by atoms with Crippen molar-refractivity contribution in [1.82, 2.24) is 10.3 Å². The van der Waals surface area contributed by atoms with Crippen LogP contribution in [-0.4, -0.2) is 18.0 Å². The predicted octanol–water partition coefficient (Wildman–Crippen LogP) is 3.79. The van der Waals surface area contributed by atoms with E-state index < -0.39 is 0 Å². The molecular weight excluding hydrogens is 326 g/mol. The van der Waals surface area contributed by atoms with Crippen molar-refractivity contribution in [2.24, 2.45) is 0 Å². The Morgan fingerprint density at radius 3 is 2.75 bits per heavy atom. The third kappa shape index (κ3) is 3.94. The zero-order valence-electron chi connectivity index (χ0n) is 13.3. The van der Waals surface area contributed by atoms with E-state index in [2.05, 4.69) is 15.6 Å². The van der Waals surface area contributed by atoms with Gasteiger partial charge in [0.05, 0.1) is 13.7 Å². The fraction of sp³-hybridized carbons (Fsp3) is 0.176. The normalized spacial score (nSPS) is 10.4. The number of hydrogen-bond donors (Lipinski definition) is 2. The first-order valence-electron chi connectivity index (χ1n) is 7.34. The second-order valence-electron chi connectivity index (χ2n) is 5.07. The second kappa shape index (κ2) is 7.18. The molecule has 24 heavy (non-hydrogen) atoms. The molecule has 2 aromatic heterocycles. The number of benzene rings is 1. The Kier molecular flexibility index (Phi) is 4.81. The minimum Gasteiger partial charge on any atom is -0.497 e. The average molecular weight is 343 g/mol. The number of carbonyl (C=O) groups is 1.